The molecule has 4 amide bonds. The quantitative estimate of drug-likeness (QED) is 0.697. The molecular weight excluding hydrogens is 427 g/mol. The normalized spacial score (nSPS) is 19.0. The van der Waals surface area contributed by atoms with Crippen molar-refractivity contribution in [3.8, 4) is 5.75 Å². The van der Waals surface area contributed by atoms with Gasteiger partial charge < -0.3 is 10.1 Å². The maximum absolute atomic E-state index is 14.1. The maximum atomic E-state index is 14.1. The number of anilines is 1. The van der Waals surface area contributed by atoms with Gasteiger partial charge in [0, 0.05) is 11.6 Å². The van der Waals surface area contributed by atoms with Gasteiger partial charge >= 0.3 is 12.2 Å². The van der Waals surface area contributed by atoms with Gasteiger partial charge in [-0.25, -0.2) is 9.69 Å². The van der Waals surface area contributed by atoms with Crippen molar-refractivity contribution < 1.29 is 32.3 Å². The lowest BCUT2D eigenvalue weighted by atomic mass is 9.86. The number of methoxy groups -OCH3 is 1. The molecule has 1 saturated heterocycles. The first kappa shape index (κ1) is 23.1. The van der Waals surface area contributed by atoms with Gasteiger partial charge in [0.05, 0.1) is 12.8 Å². The van der Waals surface area contributed by atoms with Crippen LogP contribution in [0.1, 0.15) is 36.7 Å². The van der Waals surface area contributed by atoms with E-state index >= 15 is 0 Å². The lowest BCUT2D eigenvalue weighted by Crippen LogP contribution is -2.69. The monoisotopic (exact) mass is 449 g/mol. The van der Waals surface area contributed by atoms with Gasteiger partial charge in [-0.3, -0.25) is 14.9 Å². The Hall–Kier alpha value is -3.56. The number of hydrogen-bond acceptors (Lipinski definition) is 4. The van der Waals surface area contributed by atoms with Crippen molar-refractivity contribution in [3.63, 3.8) is 0 Å². The summed E-state index contributed by atoms with van der Waals surface area (Å²) in [6.45, 7) is 5.84. The number of ether oxygens (including phenoxy) is 1. The fourth-order valence-corrected chi connectivity index (χ4v) is 3.23. The van der Waals surface area contributed by atoms with Crippen molar-refractivity contribution in [3.05, 3.63) is 59.7 Å². The third-order valence-corrected chi connectivity index (χ3v) is 5.07. The molecule has 0 bridgehead atoms. The van der Waals surface area contributed by atoms with Crippen LogP contribution in [-0.2, 0) is 10.2 Å². The number of rotatable bonds is 4. The summed E-state index contributed by atoms with van der Waals surface area (Å²) >= 11 is 0. The van der Waals surface area contributed by atoms with Gasteiger partial charge in [-0.15, -0.1) is 0 Å². The maximum Gasteiger partial charge on any atom is 0.440 e. The fourth-order valence-electron chi connectivity index (χ4n) is 3.23. The molecule has 2 aromatic rings. The van der Waals surface area contributed by atoms with Crippen LogP contribution in [-0.4, -0.2) is 36.8 Å². The third kappa shape index (κ3) is 4.00. The van der Waals surface area contributed by atoms with Crippen molar-refractivity contribution in [1.29, 1.82) is 0 Å². The van der Waals surface area contributed by atoms with Crippen LogP contribution in [0.25, 0.3) is 0 Å². The summed E-state index contributed by atoms with van der Waals surface area (Å²) in [5, 5.41) is 3.32. The van der Waals surface area contributed by atoms with Gasteiger partial charge in [-0.2, -0.15) is 13.2 Å². The average Bonchev–Trinajstić information content (AvgIpc) is 2.97. The number of carbonyl (C=O) groups is 3. The number of nitrogens with zero attached hydrogens (tertiary/aromatic N) is 1. The highest BCUT2D eigenvalue weighted by atomic mass is 19.4. The smallest absolute Gasteiger partial charge is 0.440 e. The topological polar surface area (TPSA) is 87.7 Å². The van der Waals surface area contributed by atoms with E-state index in [2.05, 4.69) is 0 Å². The van der Waals surface area contributed by atoms with Gasteiger partial charge in [0.25, 0.3) is 17.5 Å². The second-order valence-corrected chi connectivity index (χ2v) is 8.30. The number of hydrogen-bond donors (Lipinski definition) is 2. The molecule has 10 heteroatoms. The molecule has 170 valence electrons. The van der Waals surface area contributed by atoms with Gasteiger partial charge in [-0.05, 0) is 35.2 Å². The molecule has 1 aliphatic heterocycles. The molecule has 0 aliphatic carbocycles. The highest BCUT2D eigenvalue weighted by Gasteiger charge is 2.69. The predicted octanol–water partition coefficient (Wildman–Crippen LogP) is 3.74. The van der Waals surface area contributed by atoms with Gasteiger partial charge in [0.15, 0.2) is 0 Å². The molecule has 1 atom stereocenters. The van der Waals surface area contributed by atoms with Crippen LogP contribution in [0.5, 0.6) is 5.75 Å². The molecule has 0 radical (unpaired) electrons. The van der Waals surface area contributed by atoms with Gasteiger partial charge in [0.1, 0.15) is 5.75 Å². The summed E-state index contributed by atoms with van der Waals surface area (Å²) in [6.07, 6.45) is -5.31. The number of imide groups is 1. The van der Waals surface area contributed by atoms with E-state index in [4.69, 9.17) is 4.74 Å². The molecule has 0 unspecified atom stereocenters. The van der Waals surface area contributed by atoms with E-state index in [1.165, 1.54) is 43.5 Å². The van der Waals surface area contributed by atoms with Crippen LogP contribution in [0, 0.1) is 0 Å². The molecule has 1 aliphatic rings. The first-order valence-electron chi connectivity index (χ1n) is 9.61. The molecule has 3 rings (SSSR count). The number of nitrogens with one attached hydrogen (secondary N) is 2. The number of urea groups is 1. The van der Waals surface area contributed by atoms with Crippen LogP contribution >= 0.6 is 0 Å². The van der Waals surface area contributed by atoms with E-state index in [1.807, 2.05) is 20.8 Å². The summed E-state index contributed by atoms with van der Waals surface area (Å²) < 4.78 is 47.2. The predicted molar refractivity (Wildman–Crippen MR) is 110 cm³/mol. The molecule has 0 aromatic heterocycles. The molecule has 32 heavy (non-hydrogen) atoms. The Kier molecular flexibility index (Phi) is 5.67. The van der Waals surface area contributed by atoms with Crippen LogP contribution in [0.4, 0.5) is 23.7 Å². The lowest BCUT2D eigenvalue weighted by molar-refractivity contribution is -0.197. The molecule has 1 heterocycles. The standard InChI is InChI=1S/C22H22F3N3O4/c1-20(2,3)14-10-8-13(9-11-14)17(29)26-21(22(23,24)25)18(30)28(19(31)27-21)15-6-5-7-16(12-15)32-4/h5-12H,1-4H3,(H,26,29)(H,27,31)/t21-/m0/s1. The number of amides is 4. The minimum Gasteiger partial charge on any atom is -0.497 e. The SMILES string of the molecule is COc1cccc(N2C(=O)N[C@](NC(=O)c3ccc(C(C)(C)C)cc3)(C(F)(F)F)C2=O)c1. The Bertz CT molecular complexity index is 1060. The van der Waals surface area contributed by atoms with Crippen molar-refractivity contribution in [1.82, 2.24) is 10.6 Å². The van der Waals surface area contributed by atoms with Crippen LogP contribution in [0.15, 0.2) is 48.5 Å². The Morgan fingerprint density at radius 2 is 1.69 bits per heavy atom. The molecule has 2 N–H and O–H groups in total. The Balaban J connectivity index is 1.96. The molecule has 1 fully saturated rings. The number of carbonyl (C=O) groups excluding carboxylic acids is 3. The molecule has 0 saturated carbocycles. The van der Waals surface area contributed by atoms with E-state index in [0.717, 1.165) is 5.56 Å². The summed E-state index contributed by atoms with van der Waals surface area (Å²) in [5.41, 5.74) is -3.21. The van der Waals surface area contributed by atoms with Crippen molar-refractivity contribution >= 4 is 23.5 Å². The third-order valence-electron chi connectivity index (χ3n) is 5.07. The zero-order chi connectivity index (χ0) is 23.9. The number of benzene rings is 2. The molecule has 2 aromatic carbocycles. The van der Waals surface area contributed by atoms with E-state index in [9.17, 15) is 27.6 Å². The molecule has 0 spiro atoms. The highest BCUT2D eigenvalue weighted by Crippen LogP contribution is 2.36. The lowest BCUT2D eigenvalue weighted by Gasteiger charge is -2.30. The second kappa shape index (κ2) is 7.85. The summed E-state index contributed by atoms with van der Waals surface area (Å²) in [4.78, 5) is 38.3. The Morgan fingerprint density at radius 3 is 2.22 bits per heavy atom. The van der Waals surface area contributed by atoms with Crippen LogP contribution in [0.2, 0.25) is 0 Å². The zero-order valence-corrected chi connectivity index (χ0v) is 17.8. The summed E-state index contributed by atoms with van der Waals surface area (Å²) in [5.74, 6) is -2.61. The van der Waals surface area contributed by atoms with E-state index in [0.29, 0.717) is 4.90 Å². The Labute approximate surface area is 182 Å². The zero-order valence-electron chi connectivity index (χ0n) is 17.8. The second-order valence-electron chi connectivity index (χ2n) is 8.30. The minimum absolute atomic E-state index is 0.0940. The van der Waals surface area contributed by atoms with Crippen LogP contribution < -0.4 is 20.3 Å². The fraction of sp³-hybridized carbons (Fsp3) is 0.318. The van der Waals surface area contributed by atoms with Gasteiger partial charge in [-0.1, -0.05) is 39.0 Å². The van der Waals surface area contributed by atoms with E-state index in [-0.39, 0.29) is 22.4 Å². The highest BCUT2D eigenvalue weighted by molar-refractivity contribution is 6.24. The Morgan fingerprint density at radius 1 is 1.06 bits per heavy atom. The van der Waals surface area contributed by atoms with E-state index in [1.54, 1.807) is 22.8 Å². The minimum atomic E-state index is -5.31. The van der Waals surface area contributed by atoms with E-state index < -0.39 is 29.7 Å². The largest absolute Gasteiger partial charge is 0.497 e. The summed E-state index contributed by atoms with van der Waals surface area (Å²) in [6, 6.07) is 10.1. The molecular formula is C22H22F3N3O4. The molecule has 7 nitrogen and oxygen atoms in total. The summed E-state index contributed by atoms with van der Waals surface area (Å²) in [7, 11) is 1.33. The van der Waals surface area contributed by atoms with Gasteiger partial charge in [0.2, 0.25) is 0 Å². The van der Waals surface area contributed by atoms with Crippen LogP contribution in [0.3, 0.4) is 0 Å². The van der Waals surface area contributed by atoms with Crippen molar-refractivity contribution in [2.24, 2.45) is 0 Å². The average molecular weight is 449 g/mol. The van der Waals surface area contributed by atoms with Crippen molar-refractivity contribution in [2.45, 2.75) is 38.0 Å². The van der Waals surface area contributed by atoms with Crippen molar-refractivity contribution in [2.75, 3.05) is 12.0 Å². The first-order chi connectivity index (χ1) is 14.8. The number of halogens is 3. The number of alkyl halides is 3. The first-order valence-corrected chi connectivity index (χ1v) is 9.61.